The molecule has 0 spiro atoms. The first-order valence-corrected chi connectivity index (χ1v) is 9.04. The van der Waals surface area contributed by atoms with Crippen molar-refractivity contribution in [3.63, 3.8) is 0 Å². The van der Waals surface area contributed by atoms with Crippen LogP contribution in [0.1, 0.15) is 36.8 Å². The summed E-state index contributed by atoms with van der Waals surface area (Å²) in [4.78, 5) is 24.7. The molecule has 1 saturated heterocycles. The normalized spacial score (nSPS) is 18.3. The summed E-state index contributed by atoms with van der Waals surface area (Å²) in [6, 6.07) is 4.18. The van der Waals surface area contributed by atoms with E-state index < -0.39 is 17.8 Å². The van der Waals surface area contributed by atoms with E-state index in [1.807, 2.05) is 6.29 Å². The summed E-state index contributed by atoms with van der Waals surface area (Å²) in [6.45, 7) is 2.66. The molecule has 1 radical (unpaired) electrons. The average molecular weight is 385 g/mol. The maximum atomic E-state index is 12.6. The maximum absolute atomic E-state index is 12.6. The van der Waals surface area contributed by atoms with E-state index in [0.29, 0.717) is 18.5 Å². The standard InChI is InChI=1S/C19H24F3N2O3/c20-19(21,22)16-7-5-15(6-8-16)14-27-18(26)17-13-23-9-11-24(17)10-3-1-2-4-12-25/h5-8,17,23H,1-4,9-11,13-14H2. The first-order chi connectivity index (χ1) is 12.9. The lowest BCUT2D eigenvalue weighted by molar-refractivity contribution is -0.152. The first kappa shape index (κ1) is 21.4. The quantitative estimate of drug-likeness (QED) is 0.523. The number of rotatable bonds is 9. The van der Waals surface area contributed by atoms with Gasteiger partial charge in [0.15, 0.2) is 6.29 Å². The summed E-state index contributed by atoms with van der Waals surface area (Å²) in [5.41, 5.74) is -0.218. The van der Waals surface area contributed by atoms with Crippen molar-refractivity contribution in [3.05, 3.63) is 35.4 Å². The molecule has 1 heterocycles. The Morgan fingerprint density at radius 2 is 1.96 bits per heavy atom. The number of halogens is 3. The van der Waals surface area contributed by atoms with Crippen LogP contribution in [0.3, 0.4) is 0 Å². The molecule has 5 nitrogen and oxygen atoms in total. The topological polar surface area (TPSA) is 58.6 Å². The van der Waals surface area contributed by atoms with Gasteiger partial charge in [0.05, 0.1) is 5.56 Å². The third-order valence-corrected chi connectivity index (χ3v) is 4.51. The van der Waals surface area contributed by atoms with E-state index in [0.717, 1.165) is 51.0 Å². The van der Waals surface area contributed by atoms with Crippen LogP contribution < -0.4 is 5.32 Å². The Kier molecular flexibility index (Phi) is 8.24. The summed E-state index contributed by atoms with van der Waals surface area (Å²) in [7, 11) is 0. The number of piperazine rings is 1. The summed E-state index contributed by atoms with van der Waals surface area (Å²) < 4.78 is 43.0. The van der Waals surface area contributed by atoms with Crippen molar-refractivity contribution in [3.8, 4) is 0 Å². The van der Waals surface area contributed by atoms with Gasteiger partial charge in [-0.15, -0.1) is 0 Å². The number of nitrogens with zero attached hydrogens (tertiary/aromatic N) is 1. The minimum absolute atomic E-state index is 0.0590. The molecule has 1 aromatic rings. The highest BCUT2D eigenvalue weighted by Gasteiger charge is 2.31. The van der Waals surface area contributed by atoms with Crippen LogP contribution in [-0.2, 0) is 27.1 Å². The first-order valence-electron chi connectivity index (χ1n) is 9.04. The summed E-state index contributed by atoms with van der Waals surface area (Å²) >= 11 is 0. The van der Waals surface area contributed by atoms with Crippen LogP contribution in [0.4, 0.5) is 13.2 Å². The van der Waals surface area contributed by atoms with Crippen molar-refractivity contribution in [2.24, 2.45) is 0 Å². The molecule has 0 amide bonds. The highest BCUT2D eigenvalue weighted by atomic mass is 19.4. The average Bonchev–Trinajstić information content (AvgIpc) is 2.66. The monoisotopic (exact) mass is 385 g/mol. The van der Waals surface area contributed by atoms with E-state index >= 15 is 0 Å². The van der Waals surface area contributed by atoms with Crippen molar-refractivity contribution in [2.75, 3.05) is 26.2 Å². The second-order valence-corrected chi connectivity index (χ2v) is 6.51. The van der Waals surface area contributed by atoms with Gasteiger partial charge in [0.25, 0.3) is 0 Å². The SMILES string of the molecule is O=[C]CCCCCN1CCNCC1C(=O)OCc1ccc(C(F)(F)F)cc1. The molecule has 1 fully saturated rings. The molecular weight excluding hydrogens is 361 g/mol. The molecule has 0 aliphatic carbocycles. The fourth-order valence-corrected chi connectivity index (χ4v) is 2.98. The van der Waals surface area contributed by atoms with Crippen molar-refractivity contribution in [1.29, 1.82) is 0 Å². The zero-order chi connectivity index (χ0) is 19.7. The number of benzene rings is 1. The Labute approximate surface area is 156 Å². The molecule has 0 saturated carbocycles. The van der Waals surface area contributed by atoms with Gasteiger partial charge in [0.1, 0.15) is 12.6 Å². The third kappa shape index (κ3) is 6.95. The number of hydrogen-bond donors (Lipinski definition) is 1. The molecule has 1 aromatic carbocycles. The highest BCUT2D eigenvalue weighted by Crippen LogP contribution is 2.29. The lowest BCUT2D eigenvalue weighted by atomic mass is 10.1. The lowest BCUT2D eigenvalue weighted by Crippen LogP contribution is -2.55. The number of unbranched alkanes of at least 4 members (excludes halogenated alkanes) is 3. The maximum Gasteiger partial charge on any atom is 0.416 e. The smallest absolute Gasteiger partial charge is 0.416 e. The van der Waals surface area contributed by atoms with Crippen LogP contribution in [0.25, 0.3) is 0 Å². The predicted molar refractivity (Wildman–Crippen MR) is 93.6 cm³/mol. The summed E-state index contributed by atoms with van der Waals surface area (Å²) in [5.74, 6) is -0.386. The Hall–Kier alpha value is -1.93. The van der Waals surface area contributed by atoms with E-state index in [2.05, 4.69) is 10.2 Å². The molecule has 1 atom stereocenters. The van der Waals surface area contributed by atoms with Gasteiger partial charge < -0.3 is 10.1 Å². The molecule has 2 rings (SSSR count). The van der Waals surface area contributed by atoms with Crippen LogP contribution in [0, 0.1) is 0 Å². The molecule has 27 heavy (non-hydrogen) atoms. The van der Waals surface area contributed by atoms with Crippen LogP contribution >= 0.6 is 0 Å². The molecule has 1 N–H and O–H groups in total. The number of carbonyl (C=O) groups excluding carboxylic acids is 2. The zero-order valence-electron chi connectivity index (χ0n) is 15.1. The minimum atomic E-state index is -4.38. The molecule has 8 heteroatoms. The molecule has 149 valence electrons. The second kappa shape index (κ2) is 10.4. The number of carbonyl (C=O) groups is 1. The van der Waals surface area contributed by atoms with E-state index in [1.165, 1.54) is 12.1 Å². The van der Waals surface area contributed by atoms with Gasteiger partial charge in [-0.05, 0) is 37.1 Å². The fraction of sp³-hybridized carbons (Fsp3) is 0.579. The van der Waals surface area contributed by atoms with E-state index in [-0.39, 0.29) is 12.6 Å². The molecule has 1 unspecified atom stereocenters. The van der Waals surface area contributed by atoms with Crippen molar-refractivity contribution in [1.82, 2.24) is 10.2 Å². The van der Waals surface area contributed by atoms with Crippen LogP contribution in [0.5, 0.6) is 0 Å². The predicted octanol–water partition coefficient (Wildman–Crippen LogP) is 2.69. The number of ether oxygens (including phenoxy) is 1. The van der Waals surface area contributed by atoms with Gasteiger partial charge in [-0.2, -0.15) is 13.2 Å². The van der Waals surface area contributed by atoms with Crippen molar-refractivity contribution < 1.29 is 27.5 Å². The third-order valence-electron chi connectivity index (χ3n) is 4.51. The zero-order valence-corrected chi connectivity index (χ0v) is 15.1. The highest BCUT2D eigenvalue weighted by molar-refractivity contribution is 5.76. The van der Waals surface area contributed by atoms with E-state index in [1.54, 1.807) is 0 Å². The summed E-state index contributed by atoms with van der Waals surface area (Å²) in [6.07, 6.45) is 0.481. The fourth-order valence-electron chi connectivity index (χ4n) is 2.98. The molecular formula is C19H24F3N2O3. The largest absolute Gasteiger partial charge is 0.460 e. The van der Waals surface area contributed by atoms with Crippen LogP contribution in [0.15, 0.2) is 24.3 Å². The van der Waals surface area contributed by atoms with Crippen molar-refractivity contribution >= 4 is 12.3 Å². The molecule has 0 bridgehead atoms. The Morgan fingerprint density at radius 3 is 2.63 bits per heavy atom. The van der Waals surface area contributed by atoms with Crippen molar-refractivity contribution in [2.45, 2.75) is 44.5 Å². The summed E-state index contributed by atoms with van der Waals surface area (Å²) in [5, 5.41) is 3.16. The van der Waals surface area contributed by atoms with Crippen LogP contribution in [-0.4, -0.2) is 49.4 Å². The Morgan fingerprint density at radius 1 is 1.22 bits per heavy atom. The number of hydrogen-bond acceptors (Lipinski definition) is 5. The van der Waals surface area contributed by atoms with E-state index in [4.69, 9.17) is 4.74 Å². The number of alkyl halides is 3. The molecule has 1 aliphatic rings. The number of esters is 1. The van der Waals surface area contributed by atoms with Gasteiger partial charge in [-0.1, -0.05) is 18.6 Å². The number of nitrogens with one attached hydrogen (secondary N) is 1. The van der Waals surface area contributed by atoms with Gasteiger partial charge in [0.2, 0.25) is 0 Å². The lowest BCUT2D eigenvalue weighted by Gasteiger charge is -2.34. The van der Waals surface area contributed by atoms with Gasteiger partial charge in [0, 0.05) is 26.1 Å². The minimum Gasteiger partial charge on any atom is -0.460 e. The Bertz CT molecular complexity index is 605. The molecule has 1 aliphatic heterocycles. The molecule has 0 aromatic heterocycles. The van der Waals surface area contributed by atoms with Gasteiger partial charge in [-0.25, -0.2) is 0 Å². The van der Waals surface area contributed by atoms with Gasteiger partial charge in [-0.3, -0.25) is 14.5 Å². The van der Waals surface area contributed by atoms with E-state index in [9.17, 15) is 22.8 Å². The van der Waals surface area contributed by atoms with Gasteiger partial charge >= 0.3 is 12.1 Å². The van der Waals surface area contributed by atoms with Crippen LogP contribution in [0.2, 0.25) is 0 Å². The second-order valence-electron chi connectivity index (χ2n) is 6.51. The Balaban J connectivity index is 1.82.